The van der Waals surface area contributed by atoms with E-state index in [-0.39, 0.29) is 0 Å². The summed E-state index contributed by atoms with van der Waals surface area (Å²) in [5, 5.41) is 11.1. The lowest BCUT2D eigenvalue weighted by Gasteiger charge is -2.12. The second-order valence-corrected chi connectivity index (χ2v) is 2.98. The summed E-state index contributed by atoms with van der Waals surface area (Å²) < 4.78 is 0. The maximum atomic E-state index is 11.5. The van der Waals surface area contributed by atoms with Gasteiger partial charge < -0.3 is 16.2 Å². The predicted octanol–water partition coefficient (Wildman–Crippen LogP) is -0.737. The molecule has 0 aliphatic rings. The van der Waals surface area contributed by atoms with Crippen molar-refractivity contribution in [2.24, 2.45) is 5.73 Å². The van der Waals surface area contributed by atoms with Crippen LogP contribution >= 0.6 is 0 Å². The van der Waals surface area contributed by atoms with Crippen LogP contribution in [0, 0.1) is 0 Å². The molecule has 15 heavy (non-hydrogen) atoms. The summed E-state index contributed by atoms with van der Waals surface area (Å²) in [6.07, 6.45) is 0. The summed E-state index contributed by atoms with van der Waals surface area (Å²) in [5.41, 5.74) is 5.37. The smallest absolute Gasteiger partial charge is 0.251 e. The fourth-order valence-corrected chi connectivity index (χ4v) is 1.04. The van der Waals surface area contributed by atoms with Crippen LogP contribution in [-0.4, -0.2) is 29.6 Å². The fourth-order valence-electron chi connectivity index (χ4n) is 1.04. The van der Waals surface area contributed by atoms with Gasteiger partial charge in [0.05, 0.1) is 6.61 Å². The number of carbonyl (C=O) groups excluding carboxylic acids is 2. The number of amides is 2. The Balaban J connectivity index is 2.67. The van der Waals surface area contributed by atoms with E-state index in [0.29, 0.717) is 5.56 Å². The molecule has 1 atom stereocenters. The maximum absolute atomic E-state index is 11.5. The Morgan fingerprint density at radius 1 is 1.33 bits per heavy atom. The Labute approximate surface area is 86.9 Å². The lowest BCUT2D eigenvalue weighted by molar-refractivity contribution is -0.120. The van der Waals surface area contributed by atoms with Crippen LogP contribution in [0.4, 0.5) is 0 Å². The summed E-state index contributed by atoms with van der Waals surface area (Å²) >= 11 is 0. The third-order valence-corrected chi connectivity index (χ3v) is 1.87. The van der Waals surface area contributed by atoms with Gasteiger partial charge in [0.15, 0.2) is 0 Å². The van der Waals surface area contributed by atoms with Gasteiger partial charge in [-0.15, -0.1) is 0 Å². The van der Waals surface area contributed by atoms with E-state index in [1.807, 2.05) is 0 Å². The highest BCUT2D eigenvalue weighted by Crippen LogP contribution is 1.98. The van der Waals surface area contributed by atoms with Crippen LogP contribution in [0.1, 0.15) is 10.4 Å². The highest BCUT2D eigenvalue weighted by atomic mass is 16.3. The molecular formula is C10H12N2O3. The normalized spacial score (nSPS) is 11.8. The van der Waals surface area contributed by atoms with E-state index in [9.17, 15) is 9.59 Å². The van der Waals surface area contributed by atoms with Gasteiger partial charge in [-0.25, -0.2) is 0 Å². The number of rotatable bonds is 4. The number of aliphatic hydroxyl groups excluding tert-OH is 1. The zero-order valence-corrected chi connectivity index (χ0v) is 8.01. The van der Waals surface area contributed by atoms with Gasteiger partial charge in [-0.3, -0.25) is 9.59 Å². The van der Waals surface area contributed by atoms with Crippen molar-refractivity contribution in [2.75, 3.05) is 6.61 Å². The van der Waals surface area contributed by atoms with E-state index in [0.717, 1.165) is 0 Å². The fraction of sp³-hybridized carbons (Fsp3) is 0.200. The summed E-state index contributed by atoms with van der Waals surface area (Å²) in [7, 11) is 0. The van der Waals surface area contributed by atoms with Crippen LogP contribution in [0.5, 0.6) is 0 Å². The minimum absolute atomic E-state index is 0.414. The average Bonchev–Trinajstić information content (AvgIpc) is 2.26. The second kappa shape index (κ2) is 5.11. The number of nitrogens with one attached hydrogen (secondary N) is 1. The molecule has 1 aromatic rings. The number of hydrogen-bond donors (Lipinski definition) is 3. The summed E-state index contributed by atoms with van der Waals surface area (Å²) in [6, 6.07) is 7.34. The van der Waals surface area contributed by atoms with Gasteiger partial charge in [0.2, 0.25) is 5.91 Å². The molecule has 1 aromatic carbocycles. The molecule has 1 rings (SSSR count). The van der Waals surface area contributed by atoms with Crippen LogP contribution < -0.4 is 11.1 Å². The van der Waals surface area contributed by atoms with E-state index >= 15 is 0 Å². The van der Waals surface area contributed by atoms with Gasteiger partial charge in [-0.05, 0) is 12.1 Å². The first-order chi connectivity index (χ1) is 7.15. The first kappa shape index (κ1) is 11.2. The quantitative estimate of drug-likeness (QED) is 0.608. The van der Waals surface area contributed by atoms with Crippen LogP contribution in [0.15, 0.2) is 30.3 Å². The zero-order chi connectivity index (χ0) is 11.3. The largest absolute Gasteiger partial charge is 0.394 e. The Hall–Kier alpha value is -1.88. The van der Waals surface area contributed by atoms with Crippen molar-refractivity contribution in [3.8, 4) is 0 Å². The highest BCUT2D eigenvalue weighted by molar-refractivity contribution is 5.97. The van der Waals surface area contributed by atoms with Crippen LogP contribution in [0.3, 0.4) is 0 Å². The number of benzene rings is 1. The molecule has 5 heteroatoms. The van der Waals surface area contributed by atoms with Crippen molar-refractivity contribution < 1.29 is 14.7 Å². The molecule has 0 radical (unpaired) electrons. The molecule has 4 N–H and O–H groups in total. The molecule has 0 heterocycles. The van der Waals surface area contributed by atoms with Crippen molar-refractivity contribution >= 4 is 11.8 Å². The number of aliphatic hydroxyl groups is 1. The Morgan fingerprint density at radius 2 is 1.93 bits per heavy atom. The van der Waals surface area contributed by atoms with E-state index in [1.165, 1.54) is 0 Å². The first-order valence-electron chi connectivity index (χ1n) is 4.41. The van der Waals surface area contributed by atoms with Crippen LogP contribution in [0.2, 0.25) is 0 Å². The molecule has 5 nitrogen and oxygen atoms in total. The number of primary amides is 1. The zero-order valence-electron chi connectivity index (χ0n) is 8.01. The molecule has 0 bridgehead atoms. The molecule has 80 valence electrons. The molecule has 0 spiro atoms. The standard InChI is InChI=1S/C10H12N2O3/c11-9(14)8(6-13)12-10(15)7-4-2-1-3-5-7/h1-5,8,13H,6H2,(H2,11,14)(H,12,15)/t8-/m0/s1. The Bertz CT molecular complexity index is 351. The molecule has 0 saturated carbocycles. The molecule has 0 aromatic heterocycles. The third kappa shape index (κ3) is 3.07. The molecule has 0 fully saturated rings. The molecule has 0 unspecified atom stereocenters. The van der Waals surface area contributed by atoms with Crippen molar-refractivity contribution in [1.82, 2.24) is 5.32 Å². The minimum Gasteiger partial charge on any atom is -0.394 e. The van der Waals surface area contributed by atoms with Crippen LogP contribution in [0.25, 0.3) is 0 Å². The first-order valence-corrected chi connectivity index (χ1v) is 4.41. The van der Waals surface area contributed by atoms with E-state index in [2.05, 4.69) is 5.32 Å². The number of hydrogen-bond acceptors (Lipinski definition) is 3. The third-order valence-electron chi connectivity index (χ3n) is 1.87. The minimum atomic E-state index is -1.04. The molecule has 0 aliphatic carbocycles. The van der Waals surface area contributed by atoms with E-state index < -0.39 is 24.5 Å². The molecule has 0 saturated heterocycles. The maximum Gasteiger partial charge on any atom is 0.251 e. The van der Waals surface area contributed by atoms with Crippen molar-refractivity contribution in [3.05, 3.63) is 35.9 Å². The summed E-state index contributed by atoms with van der Waals surface area (Å²) in [5.74, 6) is -1.20. The predicted molar refractivity (Wildman–Crippen MR) is 54.0 cm³/mol. The SMILES string of the molecule is NC(=O)[C@H](CO)NC(=O)c1ccccc1. The van der Waals surface area contributed by atoms with Gasteiger partial charge >= 0.3 is 0 Å². The van der Waals surface area contributed by atoms with Crippen molar-refractivity contribution in [3.63, 3.8) is 0 Å². The number of carbonyl (C=O) groups is 2. The van der Waals surface area contributed by atoms with Crippen molar-refractivity contribution in [1.29, 1.82) is 0 Å². The van der Waals surface area contributed by atoms with Gasteiger partial charge in [0.1, 0.15) is 6.04 Å². The summed E-state index contributed by atoms with van der Waals surface area (Å²) in [6.45, 7) is -0.506. The molecule has 2 amide bonds. The lowest BCUT2D eigenvalue weighted by atomic mass is 10.2. The van der Waals surface area contributed by atoms with Crippen LogP contribution in [-0.2, 0) is 4.79 Å². The van der Waals surface area contributed by atoms with Gasteiger partial charge in [0, 0.05) is 5.56 Å². The van der Waals surface area contributed by atoms with Gasteiger partial charge in [-0.2, -0.15) is 0 Å². The van der Waals surface area contributed by atoms with Crippen molar-refractivity contribution in [2.45, 2.75) is 6.04 Å². The topological polar surface area (TPSA) is 92.4 Å². The monoisotopic (exact) mass is 208 g/mol. The molecular weight excluding hydrogens is 196 g/mol. The second-order valence-electron chi connectivity index (χ2n) is 2.98. The summed E-state index contributed by atoms with van der Waals surface area (Å²) in [4.78, 5) is 22.2. The molecule has 0 aliphatic heterocycles. The van der Waals surface area contributed by atoms with E-state index in [1.54, 1.807) is 30.3 Å². The Kier molecular flexibility index (Phi) is 3.82. The lowest BCUT2D eigenvalue weighted by Crippen LogP contribution is -2.46. The van der Waals surface area contributed by atoms with Gasteiger partial charge in [-0.1, -0.05) is 18.2 Å². The number of nitrogens with two attached hydrogens (primary N) is 1. The average molecular weight is 208 g/mol. The Morgan fingerprint density at radius 3 is 2.40 bits per heavy atom. The van der Waals surface area contributed by atoms with Gasteiger partial charge in [0.25, 0.3) is 5.91 Å². The van der Waals surface area contributed by atoms with E-state index in [4.69, 9.17) is 10.8 Å². The highest BCUT2D eigenvalue weighted by Gasteiger charge is 2.17.